The Bertz CT molecular complexity index is 1240. The number of thioether (sulfide) groups is 1. The summed E-state index contributed by atoms with van der Waals surface area (Å²) >= 11 is 6.36. The average Bonchev–Trinajstić information content (AvgIpc) is 3.55. The molecule has 2 fully saturated rings. The van der Waals surface area contributed by atoms with Crippen LogP contribution < -0.4 is 15.4 Å². The molecule has 2 aliphatic rings. The van der Waals surface area contributed by atoms with Gasteiger partial charge in [0.25, 0.3) is 5.91 Å². The fraction of sp³-hybridized carbons (Fsp3) is 0.217. The SMILES string of the molecule is COc1ccc(/C=C2\SC(=S)NC2=O)cc1-c1nc2ccccc2nc1NCC1CC1. The predicted octanol–water partition coefficient (Wildman–Crippen LogP) is 4.62. The fourth-order valence-electron chi connectivity index (χ4n) is 3.45. The number of aromatic nitrogens is 2. The number of ether oxygens (including phenoxy) is 1. The first kappa shape index (κ1) is 20.0. The lowest BCUT2D eigenvalue weighted by Crippen LogP contribution is -2.17. The Morgan fingerprint density at radius 1 is 1.23 bits per heavy atom. The maximum absolute atomic E-state index is 12.1. The summed E-state index contributed by atoms with van der Waals surface area (Å²) in [4.78, 5) is 22.4. The molecule has 2 heterocycles. The van der Waals surface area contributed by atoms with Gasteiger partial charge in [0.1, 0.15) is 15.8 Å². The minimum atomic E-state index is -0.176. The second-order valence-electron chi connectivity index (χ2n) is 7.55. The van der Waals surface area contributed by atoms with Gasteiger partial charge in [0, 0.05) is 12.1 Å². The molecule has 5 rings (SSSR count). The lowest BCUT2D eigenvalue weighted by molar-refractivity contribution is -0.115. The van der Waals surface area contributed by atoms with Gasteiger partial charge in [-0.25, -0.2) is 9.97 Å². The monoisotopic (exact) mass is 448 g/mol. The molecule has 0 unspecified atom stereocenters. The Morgan fingerprint density at radius 3 is 2.68 bits per heavy atom. The Kier molecular flexibility index (Phi) is 5.33. The number of benzene rings is 2. The number of anilines is 1. The number of amides is 1. The highest BCUT2D eigenvalue weighted by Gasteiger charge is 2.24. The van der Waals surface area contributed by atoms with Crippen LogP contribution in [0.15, 0.2) is 47.4 Å². The number of rotatable bonds is 6. The molecule has 6 nitrogen and oxygen atoms in total. The van der Waals surface area contributed by atoms with Crippen LogP contribution in [0.1, 0.15) is 18.4 Å². The molecule has 2 aromatic carbocycles. The topological polar surface area (TPSA) is 76.1 Å². The van der Waals surface area contributed by atoms with Crippen LogP contribution in [0.5, 0.6) is 5.75 Å². The molecule has 1 amide bonds. The van der Waals surface area contributed by atoms with Gasteiger partial charge >= 0.3 is 0 Å². The maximum atomic E-state index is 12.1. The van der Waals surface area contributed by atoms with Crippen LogP contribution in [0.3, 0.4) is 0 Å². The van der Waals surface area contributed by atoms with E-state index in [1.54, 1.807) is 7.11 Å². The van der Waals surface area contributed by atoms with Gasteiger partial charge in [-0.3, -0.25) is 4.79 Å². The second-order valence-corrected chi connectivity index (χ2v) is 9.26. The fourth-order valence-corrected chi connectivity index (χ4v) is 4.49. The van der Waals surface area contributed by atoms with Crippen LogP contribution in [0.25, 0.3) is 28.4 Å². The Labute approximate surface area is 189 Å². The van der Waals surface area contributed by atoms with Gasteiger partial charge in [0.15, 0.2) is 5.82 Å². The van der Waals surface area contributed by atoms with E-state index in [4.69, 9.17) is 26.9 Å². The maximum Gasteiger partial charge on any atom is 0.263 e. The largest absolute Gasteiger partial charge is 0.496 e. The van der Waals surface area contributed by atoms with Crippen LogP contribution in [0.2, 0.25) is 0 Å². The molecule has 0 atom stereocenters. The third kappa shape index (κ3) is 4.26. The lowest BCUT2D eigenvalue weighted by Gasteiger charge is -2.15. The molecule has 1 aromatic heterocycles. The molecule has 156 valence electrons. The van der Waals surface area contributed by atoms with Crippen molar-refractivity contribution in [1.82, 2.24) is 15.3 Å². The van der Waals surface area contributed by atoms with Crippen molar-refractivity contribution >= 4 is 57.1 Å². The zero-order valence-corrected chi connectivity index (χ0v) is 18.5. The molecule has 8 heteroatoms. The Morgan fingerprint density at radius 2 is 2.00 bits per heavy atom. The standard InChI is InChI=1S/C23H20N4O2S2/c1-29-18-9-8-14(11-19-22(28)27-23(30)31-19)10-15(18)20-21(24-12-13-6-7-13)26-17-5-3-2-4-16(17)25-20/h2-5,8-11,13H,6-7,12H2,1H3,(H,24,26)(H,27,28,30)/b19-11-. The number of para-hydroxylation sites is 2. The summed E-state index contributed by atoms with van der Waals surface area (Å²) in [6, 6.07) is 13.6. The summed E-state index contributed by atoms with van der Waals surface area (Å²) in [6.07, 6.45) is 4.32. The van der Waals surface area contributed by atoms with Gasteiger partial charge in [0.2, 0.25) is 0 Å². The number of carbonyl (C=O) groups is 1. The molecular formula is C23H20N4O2S2. The highest BCUT2D eigenvalue weighted by atomic mass is 32.2. The quantitative estimate of drug-likeness (QED) is 0.421. The first-order valence-electron chi connectivity index (χ1n) is 10.0. The number of nitrogens with one attached hydrogen (secondary N) is 2. The normalized spacial score (nSPS) is 17.3. The van der Waals surface area contributed by atoms with E-state index in [2.05, 4.69) is 10.6 Å². The molecule has 0 spiro atoms. The van der Waals surface area contributed by atoms with Crippen LogP contribution in [-0.4, -0.2) is 33.9 Å². The molecule has 0 bridgehead atoms. The number of hydrogen-bond acceptors (Lipinski definition) is 7. The molecule has 1 saturated carbocycles. The van der Waals surface area contributed by atoms with Crippen molar-refractivity contribution in [3.63, 3.8) is 0 Å². The van der Waals surface area contributed by atoms with E-state index in [-0.39, 0.29) is 5.91 Å². The summed E-state index contributed by atoms with van der Waals surface area (Å²) in [5.74, 6) is 1.95. The third-order valence-electron chi connectivity index (χ3n) is 5.24. The summed E-state index contributed by atoms with van der Waals surface area (Å²) in [5.41, 5.74) is 4.07. The van der Waals surface area contributed by atoms with E-state index in [1.807, 2.05) is 48.5 Å². The molecule has 31 heavy (non-hydrogen) atoms. The van der Waals surface area contributed by atoms with Gasteiger partial charge in [0.05, 0.1) is 23.0 Å². The zero-order chi connectivity index (χ0) is 21.4. The van der Waals surface area contributed by atoms with Crippen LogP contribution in [0, 0.1) is 5.92 Å². The van der Waals surface area contributed by atoms with E-state index in [9.17, 15) is 4.79 Å². The number of methoxy groups -OCH3 is 1. The number of carbonyl (C=O) groups excluding carboxylic acids is 1. The highest BCUT2D eigenvalue weighted by molar-refractivity contribution is 8.26. The summed E-state index contributed by atoms with van der Waals surface area (Å²) in [5, 5.41) is 6.14. The molecule has 3 aromatic rings. The van der Waals surface area contributed by atoms with E-state index >= 15 is 0 Å². The van der Waals surface area contributed by atoms with E-state index < -0.39 is 0 Å². The minimum Gasteiger partial charge on any atom is -0.496 e. The number of thiocarbonyl (C=S) groups is 1. The van der Waals surface area contributed by atoms with E-state index in [0.717, 1.165) is 40.2 Å². The van der Waals surface area contributed by atoms with Crippen LogP contribution in [-0.2, 0) is 4.79 Å². The first-order chi connectivity index (χ1) is 15.1. The van der Waals surface area contributed by atoms with Crippen molar-refractivity contribution in [2.45, 2.75) is 12.8 Å². The number of nitrogens with zero attached hydrogens (tertiary/aromatic N) is 2. The lowest BCUT2D eigenvalue weighted by atomic mass is 10.0. The molecule has 0 radical (unpaired) electrons. The number of hydrogen-bond donors (Lipinski definition) is 2. The predicted molar refractivity (Wildman–Crippen MR) is 129 cm³/mol. The highest BCUT2D eigenvalue weighted by Crippen LogP contribution is 2.37. The summed E-state index contributed by atoms with van der Waals surface area (Å²) < 4.78 is 6.12. The average molecular weight is 449 g/mol. The van der Waals surface area contributed by atoms with Crippen molar-refractivity contribution in [2.75, 3.05) is 19.0 Å². The molecule has 2 N–H and O–H groups in total. The molecule has 1 aliphatic carbocycles. The smallest absolute Gasteiger partial charge is 0.263 e. The Hall–Kier alpha value is -2.97. The van der Waals surface area contributed by atoms with Gasteiger partial charge in [-0.2, -0.15) is 0 Å². The molecule has 1 saturated heterocycles. The van der Waals surface area contributed by atoms with Crippen molar-refractivity contribution in [1.29, 1.82) is 0 Å². The second kappa shape index (κ2) is 8.28. The van der Waals surface area contributed by atoms with E-state index in [1.165, 1.54) is 24.6 Å². The van der Waals surface area contributed by atoms with Gasteiger partial charge in [-0.1, -0.05) is 42.2 Å². The summed E-state index contributed by atoms with van der Waals surface area (Å²) in [7, 11) is 1.64. The summed E-state index contributed by atoms with van der Waals surface area (Å²) in [6.45, 7) is 0.875. The molecular weight excluding hydrogens is 428 g/mol. The van der Waals surface area contributed by atoms with Gasteiger partial charge in [-0.05, 0) is 54.7 Å². The zero-order valence-electron chi connectivity index (χ0n) is 16.8. The van der Waals surface area contributed by atoms with Crippen molar-refractivity contribution in [2.24, 2.45) is 5.92 Å². The van der Waals surface area contributed by atoms with Crippen LogP contribution >= 0.6 is 24.0 Å². The van der Waals surface area contributed by atoms with Gasteiger partial charge < -0.3 is 15.4 Å². The van der Waals surface area contributed by atoms with Gasteiger partial charge in [-0.15, -0.1) is 0 Å². The van der Waals surface area contributed by atoms with Crippen molar-refractivity contribution in [3.05, 3.63) is 52.9 Å². The third-order valence-corrected chi connectivity index (χ3v) is 6.41. The minimum absolute atomic E-state index is 0.176. The van der Waals surface area contributed by atoms with Crippen molar-refractivity contribution < 1.29 is 9.53 Å². The van der Waals surface area contributed by atoms with Crippen molar-refractivity contribution in [3.8, 4) is 17.0 Å². The first-order valence-corrected chi connectivity index (χ1v) is 11.3. The Balaban J connectivity index is 1.62. The number of fused-ring (bicyclic) bond motifs is 1. The van der Waals surface area contributed by atoms with Crippen LogP contribution in [0.4, 0.5) is 5.82 Å². The molecule has 1 aliphatic heterocycles. The van der Waals surface area contributed by atoms with E-state index in [0.29, 0.717) is 20.9 Å².